The summed E-state index contributed by atoms with van der Waals surface area (Å²) in [7, 11) is 0. The molecule has 1 aromatic heterocycles. The molecule has 0 bridgehead atoms. The average molecular weight is 340 g/mol. The monoisotopic (exact) mass is 340 g/mol. The van der Waals surface area contributed by atoms with Crippen LogP contribution < -0.4 is 21.5 Å². The molecule has 0 fully saturated rings. The molecule has 5 N–H and O–H groups in total. The van der Waals surface area contributed by atoms with Crippen LogP contribution in [0.3, 0.4) is 0 Å². The van der Waals surface area contributed by atoms with Crippen LogP contribution in [0.4, 0.5) is 23.0 Å². The van der Waals surface area contributed by atoms with Gasteiger partial charge in [-0.05, 0) is 24.3 Å². The minimum Gasteiger partial charge on any atom is -0.460 e. The molecule has 0 aliphatic rings. The zero-order chi connectivity index (χ0) is 18.2. The molecule has 2 rings (SSSR count). The molecule has 1 amide bonds. The summed E-state index contributed by atoms with van der Waals surface area (Å²) in [5.41, 5.74) is 12.0. The topological polar surface area (TPSA) is 128 Å². The van der Waals surface area contributed by atoms with Gasteiger partial charge < -0.3 is 21.5 Å². The van der Waals surface area contributed by atoms with Crippen LogP contribution in [0, 0.1) is 0 Å². The summed E-state index contributed by atoms with van der Waals surface area (Å²) in [6.45, 7) is 5.63. The molecule has 0 radical (unpaired) electrons. The molecule has 0 saturated carbocycles. The summed E-state index contributed by atoms with van der Waals surface area (Å²) < 4.78 is 5.63. The molecule has 130 valence electrons. The first-order chi connectivity index (χ1) is 12.0. The summed E-state index contributed by atoms with van der Waals surface area (Å²) in [4.78, 5) is 15.3. The fourth-order valence-electron chi connectivity index (χ4n) is 1.78. The lowest BCUT2D eigenvalue weighted by Gasteiger charge is -2.08. The lowest BCUT2D eigenvalue weighted by atomic mass is 10.3. The zero-order valence-corrected chi connectivity index (χ0v) is 13.9. The highest BCUT2D eigenvalue weighted by atomic mass is 16.5. The molecule has 0 spiro atoms. The Morgan fingerprint density at radius 3 is 2.64 bits per heavy atom. The maximum atomic E-state index is 11.3. The summed E-state index contributed by atoms with van der Waals surface area (Å²) in [6.07, 6.45) is 0.693. The van der Waals surface area contributed by atoms with E-state index in [0.29, 0.717) is 35.1 Å². The summed E-state index contributed by atoms with van der Waals surface area (Å²) in [6, 6.07) is 10.4. The summed E-state index contributed by atoms with van der Waals surface area (Å²) in [5, 5.41) is 10.8. The van der Waals surface area contributed by atoms with E-state index in [0.717, 1.165) is 0 Å². The minimum atomic E-state index is -0.358. The Hall–Kier alpha value is -3.26. The Balaban J connectivity index is 2.19. The predicted molar refractivity (Wildman–Crippen MR) is 97.0 cm³/mol. The van der Waals surface area contributed by atoms with Crippen molar-refractivity contribution in [3.63, 3.8) is 0 Å². The van der Waals surface area contributed by atoms with Gasteiger partial charge in [-0.25, -0.2) is 4.98 Å². The van der Waals surface area contributed by atoms with Crippen LogP contribution in [0.5, 0.6) is 5.75 Å². The Morgan fingerprint density at radius 1 is 1.24 bits per heavy atom. The highest BCUT2D eigenvalue weighted by Crippen LogP contribution is 2.31. The highest BCUT2D eigenvalue weighted by molar-refractivity contribution is 5.91. The molecular formula is C17H20N6O2. The normalized spacial score (nSPS) is 10.6. The number of amides is 1. The number of pyridine rings is 1. The van der Waals surface area contributed by atoms with Crippen molar-refractivity contribution in [2.45, 2.75) is 13.3 Å². The third kappa shape index (κ3) is 5.11. The molecule has 0 unspecified atom stereocenters. The van der Waals surface area contributed by atoms with Gasteiger partial charge in [0.2, 0.25) is 5.91 Å². The SMILES string of the molecule is C=C(CC)Oc1ccccc1N=Nc1ccc(NC(=O)CN)nc1N. The molecule has 1 aromatic carbocycles. The number of rotatable bonds is 7. The Kier molecular flexibility index (Phi) is 6.19. The van der Waals surface area contributed by atoms with Gasteiger partial charge in [-0.1, -0.05) is 25.6 Å². The smallest absolute Gasteiger partial charge is 0.239 e. The number of benzene rings is 1. The third-order valence-corrected chi connectivity index (χ3v) is 3.13. The fraction of sp³-hybridized carbons (Fsp3) is 0.176. The van der Waals surface area contributed by atoms with Crippen LogP contribution in [0.15, 0.2) is 59.0 Å². The van der Waals surface area contributed by atoms with Gasteiger partial charge in [0.25, 0.3) is 0 Å². The lowest BCUT2D eigenvalue weighted by Crippen LogP contribution is -2.22. The van der Waals surface area contributed by atoms with Gasteiger partial charge in [0.15, 0.2) is 11.6 Å². The number of anilines is 2. The molecule has 8 nitrogen and oxygen atoms in total. The molecule has 0 aliphatic heterocycles. The molecule has 2 aromatic rings. The first-order valence-corrected chi connectivity index (χ1v) is 7.66. The van der Waals surface area contributed by atoms with E-state index < -0.39 is 0 Å². The van der Waals surface area contributed by atoms with Gasteiger partial charge in [-0.2, -0.15) is 0 Å². The molecular weight excluding hydrogens is 320 g/mol. The van der Waals surface area contributed by atoms with Crippen molar-refractivity contribution in [2.24, 2.45) is 16.0 Å². The first kappa shape index (κ1) is 18.1. The highest BCUT2D eigenvalue weighted by Gasteiger charge is 2.06. The number of nitrogens with two attached hydrogens (primary N) is 2. The largest absolute Gasteiger partial charge is 0.460 e. The Morgan fingerprint density at radius 2 is 1.96 bits per heavy atom. The maximum Gasteiger partial charge on any atom is 0.239 e. The maximum absolute atomic E-state index is 11.3. The number of allylic oxidation sites excluding steroid dienone is 1. The van der Waals surface area contributed by atoms with E-state index in [4.69, 9.17) is 16.2 Å². The lowest BCUT2D eigenvalue weighted by molar-refractivity contribution is -0.114. The second kappa shape index (κ2) is 8.55. The fourth-order valence-corrected chi connectivity index (χ4v) is 1.78. The summed E-state index contributed by atoms with van der Waals surface area (Å²) in [5.74, 6) is 1.26. The number of azo groups is 1. The van der Waals surface area contributed by atoms with Crippen LogP contribution in [0.1, 0.15) is 13.3 Å². The Labute approximate surface area is 145 Å². The van der Waals surface area contributed by atoms with Gasteiger partial charge in [0, 0.05) is 6.42 Å². The molecule has 0 aliphatic carbocycles. The zero-order valence-electron chi connectivity index (χ0n) is 13.9. The van der Waals surface area contributed by atoms with E-state index in [1.54, 1.807) is 24.3 Å². The van der Waals surface area contributed by atoms with E-state index in [-0.39, 0.29) is 18.3 Å². The van der Waals surface area contributed by atoms with Crippen molar-refractivity contribution in [3.05, 3.63) is 48.7 Å². The number of hydrogen-bond donors (Lipinski definition) is 3. The number of aromatic nitrogens is 1. The van der Waals surface area contributed by atoms with Gasteiger partial charge in [0.05, 0.1) is 12.3 Å². The second-order valence-corrected chi connectivity index (χ2v) is 5.02. The van der Waals surface area contributed by atoms with Crippen LogP contribution in [-0.4, -0.2) is 17.4 Å². The minimum absolute atomic E-state index is 0.134. The Bertz CT molecular complexity index is 803. The second-order valence-electron chi connectivity index (χ2n) is 5.02. The summed E-state index contributed by atoms with van der Waals surface area (Å²) >= 11 is 0. The molecule has 25 heavy (non-hydrogen) atoms. The van der Waals surface area contributed by atoms with Crippen LogP contribution in [-0.2, 0) is 4.79 Å². The number of ether oxygens (including phenoxy) is 1. The first-order valence-electron chi connectivity index (χ1n) is 7.66. The molecule has 1 heterocycles. The van der Waals surface area contributed by atoms with Crippen molar-refractivity contribution >= 4 is 28.9 Å². The van der Waals surface area contributed by atoms with Gasteiger partial charge in [0.1, 0.15) is 17.2 Å². The number of carbonyl (C=O) groups is 1. The number of nitrogen functional groups attached to an aromatic ring is 1. The number of carbonyl (C=O) groups excluding carboxylic acids is 1. The van der Waals surface area contributed by atoms with Crippen LogP contribution >= 0.6 is 0 Å². The number of nitrogens with zero attached hydrogens (tertiary/aromatic N) is 3. The van der Waals surface area contributed by atoms with Gasteiger partial charge in [-0.15, -0.1) is 10.2 Å². The molecule has 0 saturated heterocycles. The van der Waals surface area contributed by atoms with E-state index >= 15 is 0 Å². The quantitative estimate of drug-likeness (QED) is 0.526. The number of nitrogens with one attached hydrogen (secondary N) is 1. The van der Waals surface area contributed by atoms with Crippen molar-refractivity contribution in [1.82, 2.24) is 4.98 Å². The van der Waals surface area contributed by atoms with Crippen molar-refractivity contribution in [1.29, 1.82) is 0 Å². The van der Waals surface area contributed by atoms with Gasteiger partial charge in [-0.3, -0.25) is 4.79 Å². The van der Waals surface area contributed by atoms with Crippen LogP contribution in [0.25, 0.3) is 0 Å². The van der Waals surface area contributed by atoms with E-state index in [9.17, 15) is 4.79 Å². The van der Waals surface area contributed by atoms with E-state index in [1.807, 2.05) is 19.1 Å². The standard InChI is InChI=1S/C17H20N6O2/c1-3-11(2)25-14-7-5-4-6-12(14)22-23-13-8-9-15(21-17(13)19)20-16(24)10-18/h4-9H,2-3,10,18H2,1H3,(H3,19,20,21,24). The molecule has 8 heteroatoms. The number of para-hydroxylation sites is 1. The molecule has 0 atom stereocenters. The van der Waals surface area contributed by atoms with Gasteiger partial charge >= 0.3 is 0 Å². The van der Waals surface area contributed by atoms with E-state index in [2.05, 4.69) is 27.1 Å². The van der Waals surface area contributed by atoms with Crippen molar-refractivity contribution in [2.75, 3.05) is 17.6 Å². The third-order valence-electron chi connectivity index (χ3n) is 3.13. The predicted octanol–water partition coefficient (Wildman–Crippen LogP) is 3.28. The van der Waals surface area contributed by atoms with Crippen molar-refractivity contribution in [3.8, 4) is 5.75 Å². The average Bonchev–Trinajstić information content (AvgIpc) is 2.62. The van der Waals surface area contributed by atoms with Crippen LogP contribution in [0.2, 0.25) is 0 Å². The number of hydrogen-bond acceptors (Lipinski definition) is 7. The van der Waals surface area contributed by atoms with Crippen molar-refractivity contribution < 1.29 is 9.53 Å². The van der Waals surface area contributed by atoms with E-state index in [1.165, 1.54) is 0 Å².